The van der Waals surface area contributed by atoms with Crippen LogP contribution in [0.3, 0.4) is 0 Å². The molecule has 25 heavy (non-hydrogen) atoms. The van der Waals surface area contributed by atoms with Crippen molar-refractivity contribution in [1.29, 1.82) is 0 Å². The minimum absolute atomic E-state index is 0.0982. The first kappa shape index (κ1) is 17.8. The van der Waals surface area contributed by atoms with Gasteiger partial charge in [-0.05, 0) is 36.7 Å². The predicted molar refractivity (Wildman–Crippen MR) is 106 cm³/mol. The first-order chi connectivity index (χ1) is 12.1. The zero-order valence-electron chi connectivity index (χ0n) is 13.6. The van der Waals surface area contributed by atoms with Gasteiger partial charge in [0.2, 0.25) is 5.56 Å². The maximum Gasteiger partial charge on any atom is 0.250 e. The minimum Gasteiger partial charge on any atom is -0.384 e. The summed E-state index contributed by atoms with van der Waals surface area (Å²) in [6.07, 6.45) is 0.933. The van der Waals surface area contributed by atoms with Gasteiger partial charge in [0.15, 0.2) is 0 Å². The van der Waals surface area contributed by atoms with Gasteiger partial charge in [0, 0.05) is 30.2 Å². The van der Waals surface area contributed by atoms with Gasteiger partial charge in [-0.2, -0.15) is 0 Å². The van der Waals surface area contributed by atoms with E-state index in [0.717, 1.165) is 48.2 Å². The average molecular weight is 376 g/mol. The summed E-state index contributed by atoms with van der Waals surface area (Å²) in [5.74, 6) is 0. The van der Waals surface area contributed by atoms with Crippen LogP contribution < -0.4 is 16.2 Å². The predicted octanol–water partition coefficient (Wildman–Crippen LogP) is 4.43. The first-order valence-electron chi connectivity index (χ1n) is 8.14. The Kier molecular flexibility index (Phi) is 5.97. The Morgan fingerprint density at radius 1 is 0.960 bits per heavy atom. The SMILES string of the molecule is O=c1cc(NCCCNCc2ccc(Cl)c(Cl)c2)c2ccccc2[nH]1. The van der Waals surface area contributed by atoms with Gasteiger partial charge in [-0.25, -0.2) is 0 Å². The van der Waals surface area contributed by atoms with Gasteiger partial charge >= 0.3 is 0 Å². The average Bonchev–Trinajstić information content (AvgIpc) is 2.60. The van der Waals surface area contributed by atoms with Crippen LogP contribution in [0.4, 0.5) is 5.69 Å². The third kappa shape index (κ3) is 4.75. The van der Waals surface area contributed by atoms with Crippen LogP contribution in [0.25, 0.3) is 10.9 Å². The lowest BCUT2D eigenvalue weighted by Gasteiger charge is -2.10. The number of aromatic nitrogens is 1. The van der Waals surface area contributed by atoms with E-state index in [-0.39, 0.29) is 5.56 Å². The van der Waals surface area contributed by atoms with Crippen molar-refractivity contribution >= 4 is 39.8 Å². The van der Waals surface area contributed by atoms with Crippen LogP contribution in [-0.2, 0) is 6.54 Å². The second kappa shape index (κ2) is 8.39. The van der Waals surface area contributed by atoms with Crippen molar-refractivity contribution in [3.05, 3.63) is 74.5 Å². The molecule has 1 heterocycles. The molecule has 0 aliphatic heterocycles. The smallest absolute Gasteiger partial charge is 0.250 e. The van der Waals surface area contributed by atoms with Crippen LogP contribution in [0.15, 0.2) is 53.3 Å². The molecule has 6 heteroatoms. The first-order valence-corrected chi connectivity index (χ1v) is 8.89. The van der Waals surface area contributed by atoms with Crippen molar-refractivity contribution in [3.63, 3.8) is 0 Å². The molecule has 0 bridgehead atoms. The summed E-state index contributed by atoms with van der Waals surface area (Å²) in [6.45, 7) is 2.38. The molecule has 0 saturated carbocycles. The standard InChI is InChI=1S/C19H19Cl2N3O/c20-15-7-6-13(10-16(15)21)12-22-8-3-9-23-18-11-19(25)24-17-5-2-1-4-14(17)18/h1-2,4-7,10-11,22H,3,8-9,12H2,(H2,23,24,25). The Bertz CT molecular complexity index is 924. The fraction of sp³-hybridized carbons (Fsp3) is 0.211. The minimum atomic E-state index is -0.0982. The van der Waals surface area contributed by atoms with Gasteiger partial charge in [-0.3, -0.25) is 4.79 Å². The van der Waals surface area contributed by atoms with Crippen molar-refractivity contribution in [3.8, 4) is 0 Å². The summed E-state index contributed by atoms with van der Waals surface area (Å²) in [5.41, 5.74) is 2.71. The summed E-state index contributed by atoms with van der Waals surface area (Å²) >= 11 is 11.9. The molecule has 0 radical (unpaired) electrons. The molecule has 1 aromatic heterocycles. The van der Waals surface area contributed by atoms with Gasteiger partial charge < -0.3 is 15.6 Å². The van der Waals surface area contributed by atoms with E-state index in [0.29, 0.717) is 10.0 Å². The van der Waals surface area contributed by atoms with E-state index in [1.807, 2.05) is 36.4 Å². The number of para-hydroxylation sites is 1. The van der Waals surface area contributed by atoms with Crippen LogP contribution in [-0.4, -0.2) is 18.1 Å². The lowest BCUT2D eigenvalue weighted by molar-refractivity contribution is 0.663. The number of H-pyrrole nitrogens is 1. The zero-order valence-corrected chi connectivity index (χ0v) is 15.1. The van der Waals surface area contributed by atoms with Gasteiger partial charge in [-0.1, -0.05) is 47.5 Å². The third-order valence-electron chi connectivity index (χ3n) is 3.91. The summed E-state index contributed by atoms with van der Waals surface area (Å²) in [4.78, 5) is 14.6. The molecule has 3 aromatic rings. The van der Waals surface area contributed by atoms with Gasteiger partial charge in [0.1, 0.15) is 0 Å². The van der Waals surface area contributed by atoms with E-state index >= 15 is 0 Å². The maximum atomic E-state index is 11.7. The number of rotatable bonds is 7. The quantitative estimate of drug-likeness (QED) is 0.535. The highest BCUT2D eigenvalue weighted by Crippen LogP contribution is 2.22. The molecule has 0 saturated heterocycles. The zero-order chi connectivity index (χ0) is 17.6. The van der Waals surface area contributed by atoms with Crippen molar-refractivity contribution in [2.24, 2.45) is 0 Å². The Labute approximate surface area is 156 Å². The number of halogens is 2. The Hall–Kier alpha value is -2.01. The maximum absolute atomic E-state index is 11.7. The van der Waals surface area contributed by atoms with Crippen LogP contribution in [0.1, 0.15) is 12.0 Å². The topological polar surface area (TPSA) is 56.9 Å². The Morgan fingerprint density at radius 3 is 2.64 bits per heavy atom. The fourth-order valence-electron chi connectivity index (χ4n) is 2.67. The summed E-state index contributed by atoms with van der Waals surface area (Å²) in [5, 5.41) is 8.88. The highest BCUT2D eigenvalue weighted by atomic mass is 35.5. The van der Waals surface area contributed by atoms with E-state index < -0.39 is 0 Å². The summed E-state index contributed by atoms with van der Waals surface area (Å²) in [6, 6.07) is 15.0. The summed E-state index contributed by atoms with van der Waals surface area (Å²) in [7, 11) is 0. The molecular formula is C19H19Cl2N3O. The number of hydrogen-bond acceptors (Lipinski definition) is 3. The fourth-order valence-corrected chi connectivity index (χ4v) is 2.99. The lowest BCUT2D eigenvalue weighted by atomic mass is 10.2. The second-order valence-electron chi connectivity index (χ2n) is 5.80. The highest BCUT2D eigenvalue weighted by Gasteiger charge is 2.02. The van der Waals surface area contributed by atoms with E-state index in [1.165, 1.54) is 0 Å². The molecule has 0 aliphatic rings. The molecule has 0 unspecified atom stereocenters. The van der Waals surface area contributed by atoms with Gasteiger partial charge in [-0.15, -0.1) is 0 Å². The molecule has 130 valence electrons. The van der Waals surface area contributed by atoms with Crippen LogP contribution in [0.5, 0.6) is 0 Å². The number of nitrogens with one attached hydrogen (secondary N) is 3. The third-order valence-corrected chi connectivity index (χ3v) is 4.65. The number of benzene rings is 2. The molecule has 0 atom stereocenters. The Morgan fingerprint density at radius 2 is 1.80 bits per heavy atom. The van der Waals surface area contributed by atoms with Crippen molar-refractivity contribution in [2.75, 3.05) is 18.4 Å². The number of fused-ring (bicyclic) bond motifs is 1. The van der Waals surface area contributed by atoms with Crippen molar-refractivity contribution < 1.29 is 0 Å². The molecule has 0 amide bonds. The molecule has 4 nitrogen and oxygen atoms in total. The number of aromatic amines is 1. The van der Waals surface area contributed by atoms with E-state index in [9.17, 15) is 4.79 Å². The van der Waals surface area contributed by atoms with Crippen molar-refractivity contribution in [2.45, 2.75) is 13.0 Å². The number of pyridine rings is 1. The molecule has 3 N–H and O–H groups in total. The lowest BCUT2D eigenvalue weighted by Crippen LogP contribution is -2.18. The second-order valence-corrected chi connectivity index (χ2v) is 6.61. The molecule has 3 rings (SSSR count). The van der Waals surface area contributed by atoms with Crippen LogP contribution >= 0.6 is 23.2 Å². The Balaban J connectivity index is 1.47. The number of hydrogen-bond donors (Lipinski definition) is 3. The normalized spacial score (nSPS) is 11.0. The number of anilines is 1. The van der Waals surface area contributed by atoms with E-state index in [1.54, 1.807) is 12.1 Å². The summed E-state index contributed by atoms with van der Waals surface area (Å²) < 4.78 is 0. The monoisotopic (exact) mass is 375 g/mol. The van der Waals surface area contributed by atoms with Crippen molar-refractivity contribution in [1.82, 2.24) is 10.3 Å². The van der Waals surface area contributed by atoms with Crippen LogP contribution in [0, 0.1) is 0 Å². The van der Waals surface area contributed by atoms with Crippen LogP contribution in [0.2, 0.25) is 10.0 Å². The largest absolute Gasteiger partial charge is 0.384 e. The van der Waals surface area contributed by atoms with Gasteiger partial charge in [0.05, 0.1) is 15.6 Å². The van der Waals surface area contributed by atoms with E-state index in [2.05, 4.69) is 15.6 Å². The van der Waals surface area contributed by atoms with Gasteiger partial charge in [0.25, 0.3) is 0 Å². The molecule has 0 fully saturated rings. The van der Waals surface area contributed by atoms with E-state index in [4.69, 9.17) is 23.2 Å². The molecule has 0 spiro atoms. The molecule has 2 aromatic carbocycles. The molecular weight excluding hydrogens is 357 g/mol. The molecule has 0 aliphatic carbocycles. The highest BCUT2D eigenvalue weighted by molar-refractivity contribution is 6.42.